The van der Waals surface area contributed by atoms with Crippen molar-refractivity contribution in [3.05, 3.63) is 18.3 Å². The van der Waals surface area contributed by atoms with Gasteiger partial charge in [0.05, 0.1) is 11.9 Å². The molecular formula is C17H27N5O2. The molecular weight excluding hydrogens is 306 g/mol. The van der Waals surface area contributed by atoms with E-state index in [2.05, 4.69) is 25.8 Å². The number of carbonyl (C=O) groups is 2. The van der Waals surface area contributed by atoms with Crippen LogP contribution in [0, 0.1) is 0 Å². The minimum Gasteiger partial charge on any atom is -0.357 e. The van der Waals surface area contributed by atoms with Gasteiger partial charge < -0.3 is 20.9 Å². The molecule has 1 atom stereocenters. The van der Waals surface area contributed by atoms with E-state index in [1.807, 2.05) is 19.1 Å². The zero-order valence-electron chi connectivity index (χ0n) is 14.5. The number of rotatable bonds is 6. The fourth-order valence-corrected chi connectivity index (χ4v) is 2.60. The monoisotopic (exact) mass is 333 g/mol. The molecule has 2 rings (SSSR count). The summed E-state index contributed by atoms with van der Waals surface area (Å²) in [4.78, 5) is 30.4. The van der Waals surface area contributed by atoms with Gasteiger partial charge in [-0.3, -0.25) is 4.79 Å². The van der Waals surface area contributed by atoms with Crippen molar-refractivity contribution in [1.29, 1.82) is 0 Å². The van der Waals surface area contributed by atoms with Gasteiger partial charge in [0, 0.05) is 19.6 Å². The Morgan fingerprint density at radius 1 is 1.25 bits per heavy atom. The molecule has 1 saturated heterocycles. The van der Waals surface area contributed by atoms with Gasteiger partial charge in [-0.2, -0.15) is 0 Å². The molecule has 1 aliphatic heterocycles. The Morgan fingerprint density at radius 3 is 2.62 bits per heavy atom. The Morgan fingerprint density at radius 2 is 2.00 bits per heavy atom. The largest absolute Gasteiger partial charge is 0.357 e. The number of nitrogens with one attached hydrogen (secondary N) is 3. The average molecular weight is 333 g/mol. The highest BCUT2D eigenvalue weighted by atomic mass is 16.2. The third-order valence-corrected chi connectivity index (χ3v) is 3.98. The maximum absolute atomic E-state index is 11.9. The number of anilines is 2. The van der Waals surface area contributed by atoms with E-state index in [-0.39, 0.29) is 5.91 Å². The molecule has 1 unspecified atom stereocenters. The van der Waals surface area contributed by atoms with E-state index in [4.69, 9.17) is 0 Å². The molecule has 3 N–H and O–H groups in total. The van der Waals surface area contributed by atoms with Crippen LogP contribution >= 0.6 is 0 Å². The summed E-state index contributed by atoms with van der Waals surface area (Å²) in [5.41, 5.74) is 0.606. The Balaban J connectivity index is 1.82. The predicted octanol–water partition coefficient (Wildman–Crippen LogP) is 2.11. The number of amides is 3. The lowest BCUT2D eigenvalue weighted by Crippen LogP contribution is -2.46. The summed E-state index contributed by atoms with van der Waals surface area (Å²) in [5, 5.41) is 8.06. The summed E-state index contributed by atoms with van der Waals surface area (Å²) in [6, 6.07) is 2.75. The van der Waals surface area contributed by atoms with Crippen molar-refractivity contribution < 1.29 is 9.59 Å². The van der Waals surface area contributed by atoms with Crippen LogP contribution in [0.1, 0.15) is 39.5 Å². The zero-order valence-corrected chi connectivity index (χ0v) is 14.5. The van der Waals surface area contributed by atoms with Crippen molar-refractivity contribution in [3.8, 4) is 0 Å². The average Bonchev–Trinajstić information content (AvgIpc) is 2.61. The van der Waals surface area contributed by atoms with Gasteiger partial charge in [0.25, 0.3) is 0 Å². The Kier molecular flexibility index (Phi) is 6.84. The highest BCUT2D eigenvalue weighted by molar-refractivity contribution is 5.93. The molecule has 1 aromatic heterocycles. The van der Waals surface area contributed by atoms with Crippen LogP contribution in [0.25, 0.3) is 0 Å². The predicted molar refractivity (Wildman–Crippen MR) is 95.2 cm³/mol. The summed E-state index contributed by atoms with van der Waals surface area (Å²) in [5.74, 6) is 0.749. The summed E-state index contributed by atoms with van der Waals surface area (Å²) in [6.07, 6.45) is 6.18. The normalized spacial score (nSPS) is 15.5. The lowest BCUT2D eigenvalue weighted by molar-refractivity contribution is -0.122. The first-order valence-electron chi connectivity index (χ1n) is 8.66. The molecule has 132 valence electrons. The maximum atomic E-state index is 11.9. The van der Waals surface area contributed by atoms with E-state index in [1.54, 1.807) is 13.1 Å². The van der Waals surface area contributed by atoms with Crippen LogP contribution in [0.5, 0.6) is 0 Å². The van der Waals surface area contributed by atoms with Crippen molar-refractivity contribution in [1.82, 2.24) is 15.6 Å². The second-order valence-corrected chi connectivity index (χ2v) is 6.06. The van der Waals surface area contributed by atoms with Gasteiger partial charge in [-0.15, -0.1) is 0 Å². The first-order chi connectivity index (χ1) is 11.6. The van der Waals surface area contributed by atoms with Crippen molar-refractivity contribution in [2.75, 3.05) is 29.9 Å². The first kappa shape index (κ1) is 18.0. The Hall–Kier alpha value is -2.31. The second kappa shape index (κ2) is 9.10. The molecule has 0 saturated carbocycles. The zero-order chi connectivity index (χ0) is 17.4. The number of pyridine rings is 1. The highest BCUT2D eigenvalue weighted by Gasteiger charge is 2.15. The van der Waals surface area contributed by atoms with Crippen molar-refractivity contribution in [2.24, 2.45) is 0 Å². The number of carbonyl (C=O) groups excluding carboxylic acids is 2. The van der Waals surface area contributed by atoms with Crippen LogP contribution in [0.3, 0.4) is 0 Å². The molecule has 1 aromatic rings. The van der Waals surface area contributed by atoms with Crippen LogP contribution in [0.2, 0.25) is 0 Å². The van der Waals surface area contributed by atoms with Gasteiger partial charge in [-0.1, -0.05) is 6.92 Å². The Bertz CT molecular complexity index is 540. The highest BCUT2D eigenvalue weighted by Crippen LogP contribution is 2.18. The minimum absolute atomic E-state index is 0.189. The fraction of sp³-hybridized carbons (Fsp3) is 0.588. The molecule has 2 heterocycles. The molecule has 1 fully saturated rings. The number of hydrogen-bond acceptors (Lipinski definition) is 4. The van der Waals surface area contributed by atoms with Gasteiger partial charge in [-0.05, 0) is 44.7 Å². The third-order valence-electron chi connectivity index (χ3n) is 3.98. The van der Waals surface area contributed by atoms with E-state index < -0.39 is 12.1 Å². The van der Waals surface area contributed by atoms with Crippen LogP contribution in [0.4, 0.5) is 16.3 Å². The van der Waals surface area contributed by atoms with Gasteiger partial charge in [0.2, 0.25) is 5.91 Å². The summed E-state index contributed by atoms with van der Waals surface area (Å²) >= 11 is 0. The summed E-state index contributed by atoms with van der Waals surface area (Å²) in [7, 11) is 0. The van der Waals surface area contributed by atoms with Crippen LogP contribution in [-0.4, -0.2) is 42.6 Å². The van der Waals surface area contributed by atoms with Crippen LogP contribution < -0.4 is 20.9 Å². The maximum Gasteiger partial charge on any atom is 0.319 e. The lowest BCUT2D eigenvalue weighted by Gasteiger charge is -2.27. The fourth-order valence-electron chi connectivity index (χ4n) is 2.60. The van der Waals surface area contributed by atoms with E-state index >= 15 is 0 Å². The smallest absolute Gasteiger partial charge is 0.319 e. The second-order valence-electron chi connectivity index (χ2n) is 6.06. The van der Waals surface area contributed by atoms with Crippen molar-refractivity contribution >= 4 is 23.4 Å². The molecule has 7 heteroatoms. The third kappa shape index (κ3) is 5.40. The number of nitrogens with zero attached hydrogens (tertiary/aromatic N) is 2. The molecule has 0 aliphatic carbocycles. The Labute approximate surface area is 143 Å². The molecule has 1 aliphatic rings. The molecule has 0 spiro atoms. The quantitative estimate of drug-likeness (QED) is 0.744. The molecule has 0 aromatic carbocycles. The number of hydrogen-bond donors (Lipinski definition) is 3. The van der Waals surface area contributed by atoms with Crippen LogP contribution in [-0.2, 0) is 4.79 Å². The summed E-state index contributed by atoms with van der Waals surface area (Å²) in [6.45, 7) is 6.30. The van der Waals surface area contributed by atoms with E-state index in [1.165, 1.54) is 19.3 Å². The molecule has 7 nitrogen and oxygen atoms in total. The van der Waals surface area contributed by atoms with Gasteiger partial charge in [-0.25, -0.2) is 9.78 Å². The topological polar surface area (TPSA) is 86.4 Å². The molecule has 0 bridgehead atoms. The molecule has 3 amide bonds. The first-order valence-corrected chi connectivity index (χ1v) is 8.66. The van der Waals surface area contributed by atoms with E-state index in [0.29, 0.717) is 12.2 Å². The molecule has 24 heavy (non-hydrogen) atoms. The summed E-state index contributed by atoms with van der Waals surface area (Å²) < 4.78 is 0. The van der Waals surface area contributed by atoms with Crippen LogP contribution in [0.15, 0.2) is 18.3 Å². The van der Waals surface area contributed by atoms with Gasteiger partial charge in [0.15, 0.2) is 0 Å². The van der Waals surface area contributed by atoms with E-state index in [9.17, 15) is 9.59 Å². The van der Waals surface area contributed by atoms with Gasteiger partial charge >= 0.3 is 6.03 Å². The SMILES string of the molecule is CCCNC(=O)C(C)NC(=O)Nc1ccc(N2CCCCC2)nc1. The number of urea groups is 1. The lowest BCUT2D eigenvalue weighted by atomic mass is 10.1. The number of piperidine rings is 1. The van der Waals surface area contributed by atoms with Crippen molar-refractivity contribution in [2.45, 2.75) is 45.6 Å². The van der Waals surface area contributed by atoms with Gasteiger partial charge in [0.1, 0.15) is 11.9 Å². The van der Waals surface area contributed by atoms with E-state index in [0.717, 1.165) is 25.3 Å². The minimum atomic E-state index is -0.586. The molecule has 0 radical (unpaired) electrons. The number of aromatic nitrogens is 1. The van der Waals surface area contributed by atoms with Crippen molar-refractivity contribution in [3.63, 3.8) is 0 Å². The standard InChI is InChI=1S/C17H27N5O2/c1-3-9-18-16(23)13(2)20-17(24)21-14-7-8-15(19-12-14)22-10-5-4-6-11-22/h7-8,12-13H,3-6,9-11H2,1-2H3,(H,18,23)(H2,20,21,24).